The van der Waals surface area contributed by atoms with Crippen LogP contribution in [-0.2, 0) is 10.2 Å². The summed E-state index contributed by atoms with van der Waals surface area (Å²) in [5.41, 5.74) is 2.32. The number of nitrogens with zero attached hydrogens (tertiary/aromatic N) is 1. The molecule has 2 rings (SSSR count). The molecular formula is C15H21NO2. The maximum atomic E-state index is 11.8. The zero-order chi connectivity index (χ0) is 13.3. The Balaban J connectivity index is 2.18. The summed E-state index contributed by atoms with van der Waals surface area (Å²) in [6.45, 7) is 7.23. The lowest BCUT2D eigenvalue weighted by Crippen LogP contribution is -2.25. The van der Waals surface area contributed by atoms with Gasteiger partial charge >= 0.3 is 0 Å². The number of hydrogen-bond donors (Lipinski definition) is 1. The molecule has 0 aromatic heterocycles. The summed E-state index contributed by atoms with van der Waals surface area (Å²) >= 11 is 0. The third kappa shape index (κ3) is 2.56. The van der Waals surface area contributed by atoms with Gasteiger partial charge in [0.05, 0.1) is 0 Å². The standard InChI is InChI=1S/C15H21NO2/c1-15(2,3)12-4-6-13(7-5-12)16-9-11(10-17)8-14(16)18/h4-7,11,17H,8-10H2,1-3H3. The van der Waals surface area contributed by atoms with Gasteiger partial charge in [0.2, 0.25) is 5.91 Å². The normalized spacial score (nSPS) is 20.6. The first kappa shape index (κ1) is 13.1. The second-order valence-corrected chi connectivity index (χ2v) is 6.05. The van der Waals surface area contributed by atoms with Gasteiger partial charge in [0.1, 0.15) is 0 Å². The number of anilines is 1. The van der Waals surface area contributed by atoms with Crippen molar-refractivity contribution < 1.29 is 9.90 Å². The van der Waals surface area contributed by atoms with E-state index in [1.165, 1.54) is 5.56 Å². The number of carbonyl (C=O) groups is 1. The van der Waals surface area contributed by atoms with Gasteiger partial charge in [-0.2, -0.15) is 0 Å². The second kappa shape index (κ2) is 4.73. The Morgan fingerprint density at radius 3 is 2.33 bits per heavy atom. The molecule has 1 saturated heterocycles. The van der Waals surface area contributed by atoms with Gasteiger partial charge in [0.15, 0.2) is 0 Å². The third-order valence-corrected chi connectivity index (χ3v) is 3.51. The zero-order valence-corrected chi connectivity index (χ0v) is 11.3. The maximum absolute atomic E-state index is 11.8. The van der Waals surface area contributed by atoms with Crippen molar-refractivity contribution in [3.05, 3.63) is 29.8 Å². The quantitative estimate of drug-likeness (QED) is 0.871. The summed E-state index contributed by atoms with van der Waals surface area (Å²) < 4.78 is 0. The first-order valence-electron chi connectivity index (χ1n) is 6.43. The number of rotatable bonds is 2. The summed E-state index contributed by atoms with van der Waals surface area (Å²) in [4.78, 5) is 13.6. The van der Waals surface area contributed by atoms with E-state index in [4.69, 9.17) is 5.11 Å². The summed E-state index contributed by atoms with van der Waals surface area (Å²) in [5.74, 6) is 0.192. The molecule has 0 bridgehead atoms. The summed E-state index contributed by atoms with van der Waals surface area (Å²) in [7, 11) is 0. The Kier molecular flexibility index (Phi) is 3.44. The Morgan fingerprint density at radius 1 is 1.28 bits per heavy atom. The van der Waals surface area contributed by atoms with Crippen molar-refractivity contribution in [2.75, 3.05) is 18.1 Å². The lowest BCUT2D eigenvalue weighted by molar-refractivity contribution is -0.117. The molecule has 3 heteroatoms. The molecule has 1 heterocycles. The first-order chi connectivity index (χ1) is 8.41. The molecule has 0 saturated carbocycles. The average molecular weight is 247 g/mol. The van der Waals surface area contributed by atoms with E-state index in [0.29, 0.717) is 13.0 Å². The fourth-order valence-electron chi connectivity index (χ4n) is 2.29. The van der Waals surface area contributed by atoms with Crippen LogP contribution in [0.2, 0.25) is 0 Å². The van der Waals surface area contributed by atoms with E-state index in [-0.39, 0.29) is 23.8 Å². The highest BCUT2D eigenvalue weighted by Crippen LogP contribution is 2.28. The molecule has 1 N–H and O–H groups in total. The molecule has 18 heavy (non-hydrogen) atoms. The average Bonchev–Trinajstić information content (AvgIpc) is 2.70. The van der Waals surface area contributed by atoms with Crippen molar-refractivity contribution in [2.24, 2.45) is 5.92 Å². The zero-order valence-electron chi connectivity index (χ0n) is 11.3. The molecular weight excluding hydrogens is 226 g/mol. The molecule has 1 fully saturated rings. The molecule has 98 valence electrons. The topological polar surface area (TPSA) is 40.5 Å². The van der Waals surface area contributed by atoms with Crippen molar-refractivity contribution >= 4 is 11.6 Å². The molecule has 1 unspecified atom stereocenters. The van der Waals surface area contributed by atoms with Gasteiger partial charge < -0.3 is 10.0 Å². The largest absolute Gasteiger partial charge is 0.396 e. The molecule has 0 spiro atoms. The lowest BCUT2D eigenvalue weighted by Gasteiger charge is -2.21. The van der Waals surface area contributed by atoms with Gasteiger partial charge in [-0.1, -0.05) is 32.9 Å². The van der Waals surface area contributed by atoms with Gasteiger partial charge in [-0.15, -0.1) is 0 Å². The van der Waals surface area contributed by atoms with Crippen molar-refractivity contribution in [3.63, 3.8) is 0 Å². The van der Waals surface area contributed by atoms with Gasteiger partial charge in [-0.05, 0) is 23.1 Å². The van der Waals surface area contributed by atoms with Crippen molar-refractivity contribution in [1.29, 1.82) is 0 Å². The second-order valence-electron chi connectivity index (χ2n) is 6.05. The van der Waals surface area contributed by atoms with Crippen LogP contribution in [0.25, 0.3) is 0 Å². The number of aliphatic hydroxyl groups is 1. The molecule has 0 radical (unpaired) electrons. The van der Waals surface area contributed by atoms with Crippen LogP contribution in [0.5, 0.6) is 0 Å². The molecule has 1 amide bonds. The Labute approximate surface area is 108 Å². The summed E-state index contributed by atoms with van der Waals surface area (Å²) in [5, 5.41) is 9.12. The molecule has 1 aromatic rings. The monoisotopic (exact) mass is 247 g/mol. The van der Waals surface area contributed by atoms with Gasteiger partial charge in [-0.25, -0.2) is 0 Å². The van der Waals surface area contributed by atoms with Crippen LogP contribution in [-0.4, -0.2) is 24.2 Å². The van der Waals surface area contributed by atoms with Crippen LogP contribution in [0, 0.1) is 5.92 Å². The van der Waals surface area contributed by atoms with Crippen molar-refractivity contribution in [1.82, 2.24) is 0 Å². The number of hydrogen-bond acceptors (Lipinski definition) is 2. The molecule has 1 atom stereocenters. The minimum atomic E-state index is 0.0831. The number of carbonyl (C=O) groups excluding carboxylic acids is 1. The van der Waals surface area contributed by atoms with Gasteiger partial charge in [-0.3, -0.25) is 4.79 Å². The minimum absolute atomic E-state index is 0.0831. The molecule has 0 aliphatic carbocycles. The van der Waals surface area contributed by atoms with E-state index in [9.17, 15) is 4.79 Å². The molecule has 1 aliphatic heterocycles. The van der Waals surface area contributed by atoms with Crippen LogP contribution < -0.4 is 4.90 Å². The lowest BCUT2D eigenvalue weighted by atomic mass is 9.87. The highest BCUT2D eigenvalue weighted by Gasteiger charge is 2.30. The summed E-state index contributed by atoms with van der Waals surface area (Å²) in [6, 6.07) is 8.15. The fourth-order valence-corrected chi connectivity index (χ4v) is 2.29. The first-order valence-corrected chi connectivity index (χ1v) is 6.43. The highest BCUT2D eigenvalue weighted by atomic mass is 16.3. The fraction of sp³-hybridized carbons (Fsp3) is 0.533. The van der Waals surface area contributed by atoms with E-state index in [0.717, 1.165) is 5.69 Å². The Hall–Kier alpha value is -1.35. The molecule has 3 nitrogen and oxygen atoms in total. The number of amides is 1. The van der Waals surface area contributed by atoms with Crippen LogP contribution >= 0.6 is 0 Å². The van der Waals surface area contributed by atoms with E-state index < -0.39 is 0 Å². The highest BCUT2D eigenvalue weighted by molar-refractivity contribution is 5.95. The van der Waals surface area contributed by atoms with E-state index in [1.54, 1.807) is 4.90 Å². The summed E-state index contributed by atoms with van der Waals surface area (Å²) in [6.07, 6.45) is 0.456. The predicted octanol–water partition coefficient (Wildman–Crippen LogP) is 2.33. The van der Waals surface area contributed by atoms with Gasteiger partial charge in [0.25, 0.3) is 0 Å². The van der Waals surface area contributed by atoms with E-state index in [2.05, 4.69) is 32.9 Å². The maximum Gasteiger partial charge on any atom is 0.227 e. The predicted molar refractivity (Wildman–Crippen MR) is 72.7 cm³/mol. The van der Waals surface area contributed by atoms with Crippen molar-refractivity contribution in [2.45, 2.75) is 32.6 Å². The van der Waals surface area contributed by atoms with E-state index >= 15 is 0 Å². The van der Waals surface area contributed by atoms with Crippen LogP contribution in [0.4, 0.5) is 5.69 Å². The molecule has 1 aliphatic rings. The van der Waals surface area contributed by atoms with E-state index in [1.807, 2.05) is 12.1 Å². The van der Waals surface area contributed by atoms with Gasteiger partial charge in [0, 0.05) is 31.2 Å². The Morgan fingerprint density at radius 2 is 1.89 bits per heavy atom. The smallest absolute Gasteiger partial charge is 0.227 e. The van der Waals surface area contributed by atoms with Crippen molar-refractivity contribution in [3.8, 4) is 0 Å². The van der Waals surface area contributed by atoms with Crippen LogP contribution in [0.1, 0.15) is 32.8 Å². The van der Waals surface area contributed by atoms with Crippen LogP contribution in [0.15, 0.2) is 24.3 Å². The minimum Gasteiger partial charge on any atom is -0.396 e. The molecule has 1 aromatic carbocycles. The SMILES string of the molecule is CC(C)(C)c1ccc(N2CC(CO)CC2=O)cc1. The van der Waals surface area contributed by atoms with Crippen LogP contribution in [0.3, 0.4) is 0 Å². The number of benzene rings is 1. The number of aliphatic hydroxyl groups excluding tert-OH is 1. The third-order valence-electron chi connectivity index (χ3n) is 3.51. The Bertz CT molecular complexity index is 431.